The zero-order valence-corrected chi connectivity index (χ0v) is 16.5. The van der Waals surface area contributed by atoms with Crippen molar-refractivity contribution < 1.29 is 0 Å². The molecule has 1 atom stereocenters. The van der Waals surface area contributed by atoms with Crippen LogP contribution < -0.4 is 5.73 Å². The molecule has 0 fully saturated rings. The van der Waals surface area contributed by atoms with Crippen LogP contribution in [0.4, 0.5) is 0 Å². The first kappa shape index (κ1) is 23.9. The quantitative estimate of drug-likeness (QED) is 0.605. The summed E-state index contributed by atoms with van der Waals surface area (Å²) in [4.78, 5) is 0. The second kappa shape index (κ2) is 15.6. The first-order valence-corrected chi connectivity index (χ1v) is 9.01. The lowest BCUT2D eigenvalue weighted by Gasteiger charge is -2.04. The number of nitrogens with two attached hydrogens (primary N) is 1. The molecule has 0 saturated heterocycles. The molecule has 1 aromatic rings. The van der Waals surface area contributed by atoms with Crippen LogP contribution in [0.15, 0.2) is 43.0 Å². The summed E-state index contributed by atoms with van der Waals surface area (Å²) in [6.07, 6.45) is 9.32. The molecule has 132 valence electrons. The van der Waals surface area contributed by atoms with Gasteiger partial charge in [-0.25, -0.2) is 0 Å². The Morgan fingerprint density at radius 2 is 1.74 bits per heavy atom. The molecule has 0 aliphatic rings. The van der Waals surface area contributed by atoms with Gasteiger partial charge < -0.3 is 5.73 Å². The highest BCUT2D eigenvalue weighted by molar-refractivity contribution is 5.30. The van der Waals surface area contributed by atoms with Crippen molar-refractivity contribution in [1.29, 1.82) is 0 Å². The molecule has 1 aromatic carbocycles. The predicted molar refractivity (Wildman–Crippen MR) is 108 cm³/mol. The molecule has 0 amide bonds. The molecule has 0 aromatic heterocycles. The predicted octanol–water partition coefficient (Wildman–Crippen LogP) is 6.38. The lowest BCUT2D eigenvalue weighted by Crippen LogP contribution is -2.15. The van der Waals surface area contributed by atoms with Gasteiger partial charge in [-0.05, 0) is 43.7 Å². The molecule has 1 nitrogen and oxygen atoms in total. The van der Waals surface area contributed by atoms with Gasteiger partial charge >= 0.3 is 0 Å². The van der Waals surface area contributed by atoms with Crippen LogP contribution >= 0.6 is 0 Å². The van der Waals surface area contributed by atoms with Crippen molar-refractivity contribution in [1.82, 2.24) is 0 Å². The molecule has 0 saturated carbocycles. The van der Waals surface area contributed by atoms with Crippen LogP contribution in [0.2, 0.25) is 0 Å². The van der Waals surface area contributed by atoms with Crippen molar-refractivity contribution >= 4 is 0 Å². The standard InChI is InChI=1S/C11H16.C9H17N.C2H6/c1-4-5-11-8-9(2)6-7-10(11)3;1-4-5-9(10)7-6-8(2)3;1-2/h6-8H,4-5H2,1-3H3;4,6-9H,1,5,10H2,2-3H3;1-2H3/b;7-6-;. The molecular weight excluding hydrogens is 278 g/mol. The number of hydrogen-bond donors (Lipinski definition) is 1. The topological polar surface area (TPSA) is 26.0 Å². The van der Waals surface area contributed by atoms with Gasteiger partial charge in [0.15, 0.2) is 0 Å². The van der Waals surface area contributed by atoms with E-state index in [1.807, 2.05) is 26.0 Å². The van der Waals surface area contributed by atoms with Gasteiger partial charge in [-0.15, -0.1) is 6.58 Å². The molecule has 1 unspecified atom stereocenters. The number of hydrogen-bond acceptors (Lipinski definition) is 1. The smallest absolute Gasteiger partial charge is 0.0258 e. The van der Waals surface area contributed by atoms with Crippen LogP contribution in [0.25, 0.3) is 0 Å². The Morgan fingerprint density at radius 1 is 1.13 bits per heavy atom. The summed E-state index contributed by atoms with van der Waals surface area (Å²) in [5, 5.41) is 0. The maximum absolute atomic E-state index is 5.67. The third kappa shape index (κ3) is 14.0. The van der Waals surface area contributed by atoms with E-state index in [2.05, 4.69) is 65.5 Å². The first-order chi connectivity index (χ1) is 10.9. The molecule has 0 bridgehead atoms. The van der Waals surface area contributed by atoms with Crippen LogP contribution in [0, 0.1) is 19.8 Å². The minimum Gasteiger partial charge on any atom is -0.324 e. The molecule has 0 heterocycles. The molecule has 1 rings (SSSR count). The summed E-state index contributed by atoms with van der Waals surface area (Å²) in [5.74, 6) is 0.593. The molecule has 1 heteroatoms. The SMILES string of the molecule is C=CCC(N)/C=C\C(C)C.CC.CCCc1cc(C)ccc1C. The highest BCUT2D eigenvalue weighted by Crippen LogP contribution is 2.12. The van der Waals surface area contributed by atoms with Gasteiger partial charge in [0.2, 0.25) is 0 Å². The molecule has 0 spiro atoms. The minimum absolute atomic E-state index is 0.153. The second-order valence-corrected chi connectivity index (χ2v) is 6.00. The highest BCUT2D eigenvalue weighted by Gasteiger charge is 1.95. The van der Waals surface area contributed by atoms with Gasteiger partial charge in [-0.3, -0.25) is 0 Å². The fourth-order valence-electron chi connectivity index (χ4n) is 1.97. The fraction of sp³-hybridized carbons (Fsp3) is 0.545. The van der Waals surface area contributed by atoms with Crippen molar-refractivity contribution in [3.05, 3.63) is 59.7 Å². The summed E-state index contributed by atoms with van der Waals surface area (Å²) in [6, 6.07) is 6.83. The lowest BCUT2D eigenvalue weighted by molar-refractivity contribution is 0.787. The summed E-state index contributed by atoms with van der Waals surface area (Å²) in [5.41, 5.74) is 9.98. The van der Waals surface area contributed by atoms with Gasteiger partial charge in [0.25, 0.3) is 0 Å². The monoisotopic (exact) mass is 317 g/mol. The normalized spacial score (nSPS) is 11.3. The molecule has 0 radical (unpaired) electrons. The van der Waals surface area contributed by atoms with E-state index in [1.165, 1.54) is 29.5 Å². The van der Waals surface area contributed by atoms with E-state index in [9.17, 15) is 0 Å². The Hall–Kier alpha value is -1.34. The van der Waals surface area contributed by atoms with E-state index in [4.69, 9.17) is 5.73 Å². The Morgan fingerprint density at radius 3 is 2.22 bits per heavy atom. The Kier molecular flexibility index (Phi) is 16.2. The average molecular weight is 318 g/mol. The van der Waals surface area contributed by atoms with Crippen LogP contribution in [-0.2, 0) is 6.42 Å². The van der Waals surface area contributed by atoms with E-state index in [1.54, 1.807) is 0 Å². The summed E-state index contributed by atoms with van der Waals surface area (Å²) >= 11 is 0. The largest absolute Gasteiger partial charge is 0.324 e. The van der Waals surface area contributed by atoms with Crippen LogP contribution in [-0.4, -0.2) is 6.04 Å². The Labute approximate surface area is 145 Å². The second-order valence-electron chi connectivity index (χ2n) is 6.00. The van der Waals surface area contributed by atoms with E-state index in [0.29, 0.717) is 5.92 Å². The zero-order valence-electron chi connectivity index (χ0n) is 16.5. The third-order valence-electron chi connectivity index (χ3n) is 3.21. The summed E-state index contributed by atoms with van der Waals surface area (Å²) in [7, 11) is 0. The first-order valence-electron chi connectivity index (χ1n) is 9.01. The Balaban J connectivity index is 0. The highest BCUT2D eigenvalue weighted by atomic mass is 14.6. The van der Waals surface area contributed by atoms with Crippen LogP contribution in [0.5, 0.6) is 0 Å². The molecule has 0 aliphatic carbocycles. The van der Waals surface area contributed by atoms with Gasteiger partial charge in [-0.1, -0.05) is 83.0 Å². The number of benzene rings is 1. The number of rotatable bonds is 6. The Bertz CT molecular complexity index is 430. The molecule has 2 N–H and O–H groups in total. The summed E-state index contributed by atoms with van der Waals surface area (Å²) < 4.78 is 0. The minimum atomic E-state index is 0.153. The van der Waals surface area contributed by atoms with Crippen molar-refractivity contribution in [2.45, 2.75) is 73.8 Å². The molecule has 0 aliphatic heterocycles. The van der Waals surface area contributed by atoms with Crippen molar-refractivity contribution in [3.63, 3.8) is 0 Å². The third-order valence-corrected chi connectivity index (χ3v) is 3.21. The fourth-order valence-corrected chi connectivity index (χ4v) is 1.97. The van der Waals surface area contributed by atoms with Crippen LogP contribution in [0.3, 0.4) is 0 Å². The molecular formula is C22H39N. The van der Waals surface area contributed by atoms with Crippen molar-refractivity contribution in [2.24, 2.45) is 11.7 Å². The van der Waals surface area contributed by atoms with Gasteiger partial charge in [0.05, 0.1) is 0 Å². The maximum atomic E-state index is 5.67. The van der Waals surface area contributed by atoms with E-state index < -0.39 is 0 Å². The van der Waals surface area contributed by atoms with Gasteiger partial charge in [0.1, 0.15) is 0 Å². The molecule has 23 heavy (non-hydrogen) atoms. The van der Waals surface area contributed by atoms with Gasteiger partial charge in [0, 0.05) is 6.04 Å². The zero-order chi connectivity index (χ0) is 18.3. The van der Waals surface area contributed by atoms with E-state index in [0.717, 1.165) is 6.42 Å². The summed E-state index contributed by atoms with van der Waals surface area (Å²) in [6.45, 7) is 18.4. The van der Waals surface area contributed by atoms with Crippen molar-refractivity contribution in [3.8, 4) is 0 Å². The van der Waals surface area contributed by atoms with E-state index >= 15 is 0 Å². The number of allylic oxidation sites excluding steroid dienone is 1. The maximum Gasteiger partial charge on any atom is 0.0258 e. The van der Waals surface area contributed by atoms with Crippen molar-refractivity contribution in [2.75, 3.05) is 0 Å². The van der Waals surface area contributed by atoms with Crippen LogP contribution in [0.1, 0.15) is 64.2 Å². The average Bonchev–Trinajstić information content (AvgIpc) is 2.52. The van der Waals surface area contributed by atoms with Gasteiger partial charge in [-0.2, -0.15) is 0 Å². The van der Waals surface area contributed by atoms with E-state index in [-0.39, 0.29) is 6.04 Å². The lowest BCUT2D eigenvalue weighted by atomic mass is 10.0. The number of aryl methyl sites for hydroxylation is 3.